The van der Waals surface area contributed by atoms with Gasteiger partial charge in [0, 0.05) is 11.8 Å². The molecule has 0 unspecified atom stereocenters. The van der Waals surface area contributed by atoms with Gasteiger partial charge in [0.1, 0.15) is 5.75 Å². The van der Waals surface area contributed by atoms with Crippen LogP contribution in [0.5, 0.6) is 5.75 Å². The fourth-order valence-electron chi connectivity index (χ4n) is 2.13. The summed E-state index contributed by atoms with van der Waals surface area (Å²) in [5.41, 5.74) is 3.79. The third-order valence-electron chi connectivity index (χ3n) is 3.50. The monoisotopic (exact) mass is 295 g/mol. The fourth-order valence-corrected chi connectivity index (χ4v) is 2.13. The maximum atomic E-state index is 11.9. The number of carbonyl (C=O) groups is 1. The SMILES string of the molecule is Cc1cc(O)ccc1NC(=O)/C=C/c1ccc(C(C)C)cc1. The highest BCUT2D eigenvalue weighted by molar-refractivity contribution is 6.02. The number of phenols is 1. The normalized spacial score (nSPS) is 11.1. The number of aryl methyl sites for hydroxylation is 1. The Bertz CT molecular complexity index is 685. The van der Waals surface area contributed by atoms with Crippen LogP contribution in [-0.2, 0) is 4.79 Å². The maximum absolute atomic E-state index is 11.9. The molecule has 0 aromatic heterocycles. The number of phenolic OH excluding ortho intramolecular Hbond substituents is 1. The molecule has 0 aliphatic carbocycles. The van der Waals surface area contributed by atoms with Crippen molar-refractivity contribution in [3.63, 3.8) is 0 Å². The number of hydrogen-bond acceptors (Lipinski definition) is 2. The van der Waals surface area contributed by atoms with E-state index in [-0.39, 0.29) is 11.7 Å². The number of nitrogens with one attached hydrogen (secondary N) is 1. The number of amides is 1. The van der Waals surface area contributed by atoms with Crippen LogP contribution in [0.15, 0.2) is 48.5 Å². The van der Waals surface area contributed by atoms with Crippen molar-refractivity contribution in [3.05, 3.63) is 65.2 Å². The van der Waals surface area contributed by atoms with Gasteiger partial charge in [-0.15, -0.1) is 0 Å². The van der Waals surface area contributed by atoms with Crippen molar-refractivity contribution in [2.24, 2.45) is 0 Å². The first-order valence-electron chi connectivity index (χ1n) is 7.34. The van der Waals surface area contributed by atoms with Crippen molar-refractivity contribution in [3.8, 4) is 5.75 Å². The van der Waals surface area contributed by atoms with Gasteiger partial charge < -0.3 is 10.4 Å². The fraction of sp³-hybridized carbons (Fsp3) is 0.211. The second kappa shape index (κ2) is 6.94. The zero-order valence-electron chi connectivity index (χ0n) is 13.1. The molecule has 114 valence electrons. The second-order valence-corrected chi connectivity index (χ2v) is 5.64. The molecule has 0 bridgehead atoms. The summed E-state index contributed by atoms with van der Waals surface area (Å²) < 4.78 is 0. The molecular weight excluding hydrogens is 274 g/mol. The second-order valence-electron chi connectivity index (χ2n) is 5.64. The Kier molecular flexibility index (Phi) is 4.99. The maximum Gasteiger partial charge on any atom is 0.248 e. The summed E-state index contributed by atoms with van der Waals surface area (Å²) in [5, 5.41) is 12.2. The number of benzene rings is 2. The lowest BCUT2D eigenvalue weighted by Gasteiger charge is -2.07. The Morgan fingerprint density at radius 3 is 2.41 bits per heavy atom. The average molecular weight is 295 g/mol. The van der Waals surface area contributed by atoms with Gasteiger partial charge in [-0.05, 0) is 53.8 Å². The van der Waals surface area contributed by atoms with Crippen LogP contribution in [0.4, 0.5) is 5.69 Å². The molecule has 0 atom stereocenters. The Morgan fingerprint density at radius 2 is 1.82 bits per heavy atom. The van der Waals surface area contributed by atoms with Crippen LogP contribution in [0.2, 0.25) is 0 Å². The molecule has 22 heavy (non-hydrogen) atoms. The van der Waals surface area contributed by atoms with Crippen LogP contribution < -0.4 is 5.32 Å². The van der Waals surface area contributed by atoms with E-state index >= 15 is 0 Å². The molecule has 0 radical (unpaired) electrons. The predicted octanol–water partition coefficient (Wildman–Crippen LogP) is 4.48. The van der Waals surface area contributed by atoms with Gasteiger partial charge in [-0.1, -0.05) is 38.1 Å². The van der Waals surface area contributed by atoms with E-state index in [1.165, 1.54) is 11.6 Å². The van der Waals surface area contributed by atoms with Crippen LogP contribution >= 0.6 is 0 Å². The summed E-state index contributed by atoms with van der Waals surface area (Å²) in [4.78, 5) is 11.9. The first-order valence-corrected chi connectivity index (χ1v) is 7.34. The zero-order valence-corrected chi connectivity index (χ0v) is 13.1. The van der Waals surface area contributed by atoms with Crippen molar-refractivity contribution in [2.75, 3.05) is 5.32 Å². The number of rotatable bonds is 4. The Balaban J connectivity index is 2.01. The largest absolute Gasteiger partial charge is 0.508 e. The minimum atomic E-state index is -0.193. The highest BCUT2D eigenvalue weighted by Crippen LogP contribution is 2.20. The molecule has 2 rings (SSSR count). The molecule has 2 aromatic rings. The van der Waals surface area contributed by atoms with E-state index in [1.54, 1.807) is 24.3 Å². The highest BCUT2D eigenvalue weighted by atomic mass is 16.3. The molecule has 2 N–H and O–H groups in total. The van der Waals surface area contributed by atoms with Gasteiger partial charge in [-0.2, -0.15) is 0 Å². The number of aromatic hydroxyl groups is 1. The number of anilines is 1. The summed E-state index contributed by atoms with van der Waals surface area (Å²) >= 11 is 0. The van der Waals surface area contributed by atoms with E-state index < -0.39 is 0 Å². The minimum absolute atomic E-state index is 0.191. The molecule has 0 aliphatic heterocycles. The molecule has 0 saturated carbocycles. The van der Waals surface area contributed by atoms with Gasteiger partial charge in [-0.3, -0.25) is 4.79 Å². The van der Waals surface area contributed by atoms with Crippen LogP contribution in [0.1, 0.15) is 36.5 Å². The zero-order chi connectivity index (χ0) is 16.1. The molecule has 0 saturated heterocycles. The van der Waals surface area contributed by atoms with Crippen LogP contribution in [0.3, 0.4) is 0 Å². The van der Waals surface area contributed by atoms with Gasteiger partial charge in [0.15, 0.2) is 0 Å². The standard InChI is InChI=1S/C19H21NO2/c1-13(2)16-7-4-15(5-8-16)6-11-19(22)20-18-10-9-17(21)12-14(18)3/h4-13,21H,1-3H3,(H,20,22)/b11-6+. The van der Waals surface area contributed by atoms with E-state index in [2.05, 4.69) is 31.3 Å². The molecular formula is C19H21NO2. The first-order chi connectivity index (χ1) is 10.5. The number of carbonyl (C=O) groups excluding carboxylic acids is 1. The van der Waals surface area contributed by atoms with Gasteiger partial charge in [0.25, 0.3) is 0 Å². The summed E-state index contributed by atoms with van der Waals surface area (Å²) in [7, 11) is 0. The topological polar surface area (TPSA) is 49.3 Å². The lowest BCUT2D eigenvalue weighted by atomic mass is 10.0. The van der Waals surface area contributed by atoms with Gasteiger partial charge in [0.05, 0.1) is 0 Å². The Labute approximate surface area is 131 Å². The third-order valence-corrected chi connectivity index (χ3v) is 3.50. The van der Waals surface area contributed by atoms with E-state index in [1.807, 2.05) is 19.1 Å². The van der Waals surface area contributed by atoms with Crippen molar-refractivity contribution >= 4 is 17.7 Å². The van der Waals surface area contributed by atoms with Crippen LogP contribution in [-0.4, -0.2) is 11.0 Å². The third kappa shape index (κ3) is 4.22. The van der Waals surface area contributed by atoms with Crippen molar-refractivity contribution < 1.29 is 9.90 Å². The molecule has 0 fully saturated rings. The quantitative estimate of drug-likeness (QED) is 0.645. The Morgan fingerprint density at radius 1 is 1.14 bits per heavy atom. The molecule has 0 heterocycles. The summed E-state index contributed by atoms with van der Waals surface area (Å²) in [5.74, 6) is 0.497. The van der Waals surface area contributed by atoms with E-state index in [0.29, 0.717) is 11.6 Å². The summed E-state index contributed by atoms with van der Waals surface area (Å²) in [6, 6.07) is 13.0. The molecule has 3 nitrogen and oxygen atoms in total. The van der Waals surface area contributed by atoms with Crippen LogP contribution in [0, 0.1) is 6.92 Å². The summed E-state index contributed by atoms with van der Waals surface area (Å²) in [6.45, 7) is 6.14. The first kappa shape index (κ1) is 15.8. The van der Waals surface area contributed by atoms with Gasteiger partial charge in [-0.25, -0.2) is 0 Å². The Hall–Kier alpha value is -2.55. The highest BCUT2D eigenvalue weighted by Gasteiger charge is 2.02. The van der Waals surface area contributed by atoms with Crippen LogP contribution in [0.25, 0.3) is 6.08 Å². The van der Waals surface area contributed by atoms with Crippen molar-refractivity contribution in [1.29, 1.82) is 0 Å². The van der Waals surface area contributed by atoms with Gasteiger partial charge >= 0.3 is 0 Å². The lowest BCUT2D eigenvalue weighted by Crippen LogP contribution is -2.08. The van der Waals surface area contributed by atoms with Crippen molar-refractivity contribution in [1.82, 2.24) is 0 Å². The predicted molar refractivity (Wildman–Crippen MR) is 91.0 cm³/mol. The van der Waals surface area contributed by atoms with E-state index in [4.69, 9.17) is 0 Å². The molecule has 3 heteroatoms. The summed E-state index contributed by atoms with van der Waals surface area (Å²) in [6.07, 6.45) is 3.30. The van der Waals surface area contributed by atoms with E-state index in [9.17, 15) is 9.90 Å². The number of hydrogen-bond donors (Lipinski definition) is 2. The average Bonchev–Trinajstić information content (AvgIpc) is 2.48. The lowest BCUT2D eigenvalue weighted by molar-refractivity contribution is -0.111. The molecule has 0 spiro atoms. The molecule has 1 amide bonds. The van der Waals surface area contributed by atoms with E-state index in [0.717, 1.165) is 11.1 Å². The minimum Gasteiger partial charge on any atom is -0.508 e. The smallest absolute Gasteiger partial charge is 0.248 e. The molecule has 0 aliphatic rings. The van der Waals surface area contributed by atoms with Gasteiger partial charge in [0.2, 0.25) is 5.91 Å². The molecule has 2 aromatic carbocycles. The van der Waals surface area contributed by atoms with Crippen molar-refractivity contribution in [2.45, 2.75) is 26.7 Å².